The molecule has 1 N–H and O–H groups in total. The summed E-state index contributed by atoms with van der Waals surface area (Å²) in [6, 6.07) is 1.99. The maximum atomic E-state index is 12.8. The third-order valence-corrected chi connectivity index (χ3v) is 4.41. The fraction of sp³-hybridized carbons (Fsp3) is 0.562. The number of hydrogen-bond donors (Lipinski definition) is 1. The summed E-state index contributed by atoms with van der Waals surface area (Å²) in [4.78, 5) is 14.9. The van der Waals surface area contributed by atoms with Crippen LogP contribution < -0.4 is 5.32 Å². The molecule has 0 radical (unpaired) electrons. The van der Waals surface area contributed by atoms with E-state index in [0.717, 1.165) is 43.6 Å². The van der Waals surface area contributed by atoms with Crippen molar-refractivity contribution in [2.24, 2.45) is 0 Å². The Labute approximate surface area is 119 Å². The Bertz CT molecular complexity index is 506. The number of fused-ring (bicyclic) bond motifs is 1. The normalized spacial score (nSPS) is 27.1. The topological polar surface area (TPSA) is 45.5 Å². The van der Waals surface area contributed by atoms with Crippen LogP contribution >= 0.6 is 0 Å². The van der Waals surface area contributed by atoms with Gasteiger partial charge in [-0.3, -0.25) is 4.79 Å². The van der Waals surface area contributed by atoms with Gasteiger partial charge in [-0.1, -0.05) is 12.2 Å². The average Bonchev–Trinajstić information content (AvgIpc) is 2.69. The van der Waals surface area contributed by atoms with Crippen molar-refractivity contribution < 1.29 is 9.21 Å². The monoisotopic (exact) mass is 274 g/mol. The van der Waals surface area contributed by atoms with Gasteiger partial charge < -0.3 is 14.6 Å². The number of hydrogen-bond acceptors (Lipinski definition) is 3. The Kier molecular flexibility index (Phi) is 3.92. The zero-order chi connectivity index (χ0) is 13.9. The molecule has 108 valence electrons. The van der Waals surface area contributed by atoms with Crippen LogP contribution in [0.4, 0.5) is 0 Å². The molecule has 0 saturated carbocycles. The molecule has 0 saturated heterocycles. The van der Waals surface area contributed by atoms with E-state index in [1.165, 1.54) is 6.42 Å². The van der Waals surface area contributed by atoms with Gasteiger partial charge in [0.15, 0.2) is 0 Å². The molecule has 0 fully saturated rings. The molecule has 1 aliphatic carbocycles. The quantitative estimate of drug-likeness (QED) is 0.842. The number of likely N-dealkylation sites (N-methyl/N-ethyl adjacent to an activating group) is 1. The highest BCUT2D eigenvalue weighted by atomic mass is 16.3. The van der Waals surface area contributed by atoms with Gasteiger partial charge in [-0.25, -0.2) is 0 Å². The number of allylic oxidation sites excluding steroid dienone is 1. The smallest absolute Gasteiger partial charge is 0.247 e. The summed E-state index contributed by atoms with van der Waals surface area (Å²) in [5, 5.41) is 3.12. The zero-order valence-corrected chi connectivity index (χ0v) is 12.0. The van der Waals surface area contributed by atoms with E-state index in [1.807, 2.05) is 13.1 Å². The molecule has 0 aromatic carbocycles. The molecule has 0 bridgehead atoms. The molecule has 20 heavy (non-hydrogen) atoms. The molecule has 1 aromatic rings. The minimum absolute atomic E-state index is 0.154. The van der Waals surface area contributed by atoms with Crippen molar-refractivity contribution in [3.8, 4) is 0 Å². The molecule has 2 atom stereocenters. The first kappa shape index (κ1) is 13.4. The standard InChI is InChI=1S/C16H22N2O2/c1-17-14-15-12(9-11-20-15)8-10-18(16(14)19)13-6-4-2-3-5-7-13/h2,4,9,11,13-14,17H,3,5-8,10H2,1H3. The highest BCUT2D eigenvalue weighted by molar-refractivity contribution is 5.84. The van der Waals surface area contributed by atoms with Crippen molar-refractivity contribution in [3.63, 3.8) is 0 Å². The maximum absolute atomic E-state index is 12.8. The number of rotatable bonds is 2. The molecule has 2 aliphatic rings. The van der Waals surface area contributed by atoms with Crippen LogP contribution in [0.3, 0.4) is 0 Å². The number of nitrogens with zero attached hydrogens (tertiary/aromatic N) is 1. The third kappa shape index (κ3) is 2.40. The molecule has 1 amide bonds. The summed E-state index contributed by atoms with van der Waals surface area (Å²) in [6.45, 7) is 0.794. The second-order valence-electron chi connectivity index (χ2n) is 5.61. The van der Waals surface area contributed by atoms with Crippen LogP contribution in [0, 0.1) is 0 Å². The number of furan rings is 1. The number of nitrogens with one attached hydrogen (secondary N) is 1. The van der Waals surface area contributed by atoms with E-state index in [9.17, 15) is 4.79 Å². The van der Waals surface area contributed by atoms with E-state index >= 15 is 0 Å². The van der Waals surface area contributed by atoms with Crippen molar-refractivity contribution in [2.45, 2.75) is 44.2 Å². The highest BCUT2D eigenvalue weighted by Gasteiger charge is 2.35. The van der Waals surface area contributed by atoms with E-state index in [0.29, 0.717) is 6.04 Å². The first-order valence-electron chi connectivity index (χ1n) is 7.50. The fourth-order valence-electron chi connectivity index (χ4n) is 3.30. The van der Waals surface area contributed by atoms with Crippen LogP contribution in [0.2, 0.25) is 0 Å². The van der Waals surface area contributed by atoms with Gasteiger partial charge >= 0.3 is 0 Å². The Balaban J connectivity index is 1.85. The summed E-state index contributed by atoms with van der Waals surface area (Å²) in [6.07, 6.45) is 11.4. The van der Waals surface area contributed by atoms with Gasteiger partial charge in [-0.15, -0.1) is 0 Å². The van der Waals surface area contributed by atoms with Crippen molar-refractivity contribution >= 4 is 5.91 Å². The first-order chi connectivity index (χ1) is 9.81. The van der Waals surface area contributed by atoms with Gasteiger partial charge in [-0.2, -0.15) is 0 Å². The van der Waals surface area contributed by atoms with Crippen LogP contribution in [0.25, 0.3) is 0 Å². The molecule has 4 heteroatoms. The van der Waals surface area contributed by atoms with E-state index in [4.69, 9.17) is 4.42 Å². The first-order valence-corrected chi connectivity index (χ1v) is 7.50. The van der Waals surface area contributed by atoms with Crippen LogP contribution in [0.15, 0.2) is 28.9 Å². The van der Waals surface area contributed by atoms with E-state index in [2.05, 4.69) is 22.4 Å². The van der Waals surface area contributed by atoms with Crippen LogP contribution in [0.1, 0.15) is 43.0 Å². The Morgan fingerprint density at radius 3 is 3.15 bits per heavy atom. The predicted molar refractivity (Wildman–Crippen MR) is 77.3 cm³/mol. The highest BCUT2D eigenvalue weighted by Crippen LogP contribution is 2.29. The molecule has 1 aliphatic heterocycles. The lowest BCUT2D eigenvalue weighted by Gasteiger charge is -2.31. The van der Waals surface area contributed by atoms with Crippen LogP contribution in [0.5, 0.6) is 0 Å². The van der Waals surface area contributed by atoms with Crippen molar-refractivity contribution in [3.05, 3.63) is 35.8 Å². The lowest BCUT2D eigenvalue weighted by atomic mass is 10.1. The summed E-state index contributed by atoms with van der Waals surface area (Å²) in [5.74, 6) is 0.950. The van der Waals surface area contributed by atoms with Gasteiger partial charge in [0.25, 0.3) is 0 Å². The molecule has 2 heterocycles. The second kappa shape index (κ2) is 5.83. The van der Waals surface area contributed by atoms with Gasteiger partial charge in [0.2, 0.25) is 5.91 Å². The Morgan fingerprint density at radius 2 is 2.30 bits per heavy atom. The van der Waals surface area contributed by atoms with Crippen LogP contribution in [-0.2, 0) is 11.2 Å². The van der Waals surface area contributed by atoms with Gasteiger partial charge in [0.1, 0.15) is 11.8 Å². The molecule has 1 aromatic heterocycles. The molecular weight excluding hydrogens is 252 g/mol. The minimum atomic E-state index is -0.338. The molecule has 4 nitrogen and oxygen atoms in total. The summed E-state index contributed by atoms with van der Waals surface area (Å²) in [7, 11) is 1.82. The van der Waals surface area contributed by atoms with Gasteiger partial charge in [0, 0.05) is 12.6 Å². The van der Waals surface area contributed by atoms with Crippen molar-refractivity contribution in [2.75, 3.05) is 13.6 Å². The maximum Gasteiger partial charge on any atom is 0.247 e. The third-order valence-electron chi connectivity index (χ3n) is 4.41. The molecule has 3 rings (SSSR count). The molecule has 0 spiro atoms. The van der Waals surface area contributed by atoms with E-state index in [1.54, 1.807) is 6.26 Å². The predicted octanol–water partition coefficient (Wildman–Crippen LogP) is 2.42. The van der Waals surface area contributed by atoms with Gasteiger partial charge in [0.05, 0.1) is 6.26 Å². The van der Waals surface area contributed by atoms with Crippen molar-refractivity contribution in [1.82, 2.24) is 10.2 Å². The zero-order valence-electron chi connectivity index (χ0n) is 12.0. The summed E-state index contributed by atoms with van der Waals surface area (Å²) >= 11 is 0. The average molecular weight is 274 g/mol. The molecule has 2 unspecified atom stereocenters. The lowest BCUT2D eigenvalue weighted by Crippen LogP contribution is -2.45. The van der Waals surface area contributed by atoms with Crippen LogP contribution in [-0.4, -0.2) is 30.4 Å². The van der Waals surface area contributed by atoms with Gasteiger partial charge in [-0.05, 0) is 50.8 Å². The summed E-state index contributed by atoms with van der Waals surface area (Å²) < 4.78 is 5.55. The van der Waals surface area contributed by atoms with E-state index in [-0.39, 0.29) is 11.9 Å². The molecular formula is C16H22N2O2. The number of carbonyl (C=O) groups excluding carboxylic acids is 1. The Hall–Kier alpha value is -1.55. The number of amides is 1. The fourth-order valence-corrected chi connectivity index (χ4v) is 3.30. The van der Waals surface area contributed by atoms with Crippen molar-refractivity contribution in [1.29, 1.82) is 0 Å². The second-order valence-corrected chi connectivity index (χ2v) is 5.61. The summed E-state index contributed by atoms with van der Waals surface area (Å²) in [5.41, 5.74) is 1.16. The SMILES string of the molecule is CNC1C(=O)N(C2CC=CCCC2)CCc2ccoc21. The lowest BCUT2D eigenvalue weighted by molar-refractivity contribution is -0.136. The minimum Gasteiger partial charge on any atom is -0.467 e. The largest absolute Gasteiger partial charge is 0.467 e. The Morgan fingerprint density at radius 1 is 1.40 bits per heavy atom. The van der Waals surface area contributed by atoms with E-state index < -0.39 is 0 Å². The number of carbonyl (C=O) groups is 1.